The van der Waals surface area contributed by atoms with E-state index in [0.717, 1.165) is 29.2 Å². The molecule has 3 amide bonds. The van der Waals surface area contributed by atoms with E-state index in [1.54, 1.807) is 0 Å². The maximum Gasteiger partial charge on any atom is 0.264 e. The van der Waals surface area contributed by atoms with E-state index in [1.807, 2.05) is 6.07 Å². The van der Waals surface area contributed by atoms with E-state index in [0.29, 0.717) is 19.4 Å². The van der Waals surface area contributed by atoms with Crippen LogP contribution >= 0.6 is 0 Å². The molecule has 2 aliphatic carbocycles. The molecule has 2 aromatic carbocycles. The first kappa shape index (κ1) is 28.2. The summed E-state index contributed by atoms with van der Waals surface area (Å²) in [7, 11) is 0. The molecule has 3 heterocycles. The minimum absolute atomic E-state index is 0.0392. The van der Waals surface area contributed by atoms with E-state index in [4.69, 9.17) is 0 Å². The maximum absolute atomic E-state index is 15.2. The van der Waals surface area contributed by atoms with Crippen molar-refractivity contribution in [3.8, 4) is 17.2 Å². The number of fused-ring (bicyclic) bond motifs is 6. The van der Waals surface area contributed by atoms with Crippen molar-refractivity contribution in [3.63, 3.8) is 0 Å². The smallest absolute Gasteiger partial charge is 0.264 e. The first-order chi connectivity index (χ1) is 20.0. The van der Waals surface area contributed by atoms with Crippen molar-refractivity contribution in [2.24, 2.45) is 11.8 Å². The van der Waals surface area contributed by atoms with Crippen molar-refractivity contribution in [1.82, 2.24) is 15.5 Å². The minimum Gasteiger partial charge on any atom is -0.372 e. The highest BCUT2D eigenvalue weighted by molar-refractivity contribution is 6.01. The van der Waals surface area contributed by atoms with Gasteiger partial charge >= 0.3 is 0 Å². The maximum atomic E-state index is 15.2. The summed E-state index contributed by atoms with van der Waals surface area (Å²) in [4.78, 5) is 41.3. The number of rotatable bonds is 5. The van der Waals surface area contributed by atoms with Gasteiger partial charge in [0.1, 0.15) is 23.7 Å². The van der Waals surface area contributed by atoms with E-state index in [9.17, 15) is 33.5 Å². The molecule has 0 spiro atoms. The number of halogens is 4. The van der Waals surface area contributed by atoms with Crippen LogP contribution in [-0.2, 0) is 20.0 Å². The summed E-state index contributed by atoms with van der Waals surface area (Å²) in [5, 5.41) is 27.0. The van der Waals surface area contributed by atoms with E-state index >= 15 is 8.78 Å². The summed E-state index contributed by atoms with van der Waals surface area (Å²) in [6.07, 6.45) is 0.432. The molecule has 220 valence electrons. The SMILES string of the molecule is N#C[C@@H](C[C@H]1CCCNC1=O)NC(=O)[C@H]1[C@@H]2CC[C@@H](CC2(F)F)N1C(=O)C1(O)c2cc(F)ccc2-c2ccc(F)cc21. The lowest BCUT2D eigenvalue weighted by atomic mass is 9.70. The number of nitrogens with zero attached hydrogens (tertiary/aromatic N) is 2. The van der Waals surface area contributed by atoms with Gasteiger partial charge in [0.05, 0.1) is 12.0 Å². The fourth-order valence-electron chi connectivity index (χ4n) is 7.21. The molecule has 7 rings (SSSR count). The van der Waals surface area contributed by atoms with Gasteiger partial charge in [-0.1, -0.05) is 12.1 Å². The molecule has 0 aromatic heterocycles. The topological polar surface area (TPSA) is 123 Å². The normalized spacial score (nSPS) is 27.3. The van der Waals surface area contributed by atoms with Crippen LogP contribution < -0.4 is 10.6 Å². The Balaban J connectivity index is 1.38. The number of hydrogen-bond donors (Lipinski definition) is 3. The number of aliphatic hydroxyl groups is 1. The van der Waals surface area contributed by atoms with Gasteiger partial charge in [-0.05, 0) is 67.5 Å². The zero-order valence-corrected chi connectivity index (χ0v) is 22.4. The molecule has 8 nitrogen and oxygen atoms in total. The number of nitriles is 1. The largest absolute Gasteiger partial charge is 0.372 e. The van der Waals surface area contributed by atoms with Crippen LogP contribution in [0.15, 0.2) is 36.4 Å². The van der Waals surface area contributed by atoms with Crippen LogP contribution in [0.25, 0.3) is 11.1 Å². The number of carbonyl (C=O) groups is 3. The van der Waals surface area contributed by atoms with Crippen LogP contribution in [0.1, 0.15) is 49.7 Å². The Bertz CT molecular complexity index is 1470. The average Bonchev–Trinajstić information content (AvgIpc) is 3.20. The lowest BCUT2D eigenvalue weighted by molar-refractivity contribution is -0.201. The number of piperidine rings is 3. The van der Waals surface area contributed by atoms with Gasteiger partial charge in [-0.25, -0.2) is 17.6 Å². The van der Waals surface area contributed by atoms with Gasteiger partial charge < -0.3 is 20.6 Å². The standard InChI is InChI=1S/C30H28F4N4O4/c31-16-3-6-20-21-7-4-17(32)12-24(21)30(42,23(20)11-16)28(41)38-19-5-8-22(29(33,34)13-19)25(38)27(40)37-18(14-35)10-15-2-1-9-36-26(15)39/h3-4,6-7,11-12,15,18-19,22,25,42H,1-2,5,8-10,13H2,(H,36,39)(H,37,40)/t15-,18-,19+,22+,25-/m1/s1. The molecule has 5 atom stereocenters. The van der Waals surface area contributed by atoms with E-state index in [1.165, 1.54) is 12.1 Å². The second-order valence-corrected chi connectivity index (χ2v) is 11.6. The fourth-order valence-corrected chi connectivity index (χ4v) is 7.21. The van der Waals surface area contributed by atoms with Crippen LogP contribution in [0.3, 0.4) is 0 Å². The molecule has 12 heteroatoms. The Morgan fingerprint density at radius 2 is 1.74 bits per heavy atom. The molecule has 0 radical (unpaired) electrons. The third-order valence-electron chi connectivity index (χ3n) is 9.17. The van der Waals surface area contributed by atoms with Crippen molar-refractivity contribution >= 4 is 17.7 Å². The van der Waals surface area contributed by atoms with Gasteiger partial charge in [0.2, 0.25) is 11.8 Å². The summed E-state index contributed by atoms with van der Waals surface area (Å²) in [5.41, 5.74) is -2.48. The third-order valence-corrected chi connectivity index (χ3v) is 9.17. The number of alkyl halides is 2. The zero-order chi connectivity index (χ0) is 30.0. The van der Waals surface area contributed by atoms with Crippen molar-refractivity contribution in [2.75, 3.05) is 6.54 Å². The van der Waals surface area contributed by atoms with Gasteiger partial charge in [0.15, 0.2) is 5.60 Å². The lowest BCUT2D eigenvalue weighted by Gasteiger charge is -2.54. The van der Waals surface area contributed by atoms with Gasteiger partial charge in [-0.15, -0.1) is 0 Å². The molecule has 2 bridgehead atoms. The van der Waals surface area contributed by atoms with Gasteiger partial charge in [0.25, 0.3) is 11.8 Å². The van der Waals surface area contributed by atoms with E-state index in [-0.39, 0.29) is 47.4 Å². The fraction of sp³-hybridized carbons (Fsp3) is 0.467. The molecule has 42 heavy (non-hydrogen) atoms. The van der Waals surface area contributed by atoms with Crippen molar-refractivity contribution in [1.29, 1.82) is 5.26 Å². The highest BCUT2D eigenvalue weighted by Gasteiger charge is 2.63. The molecule has 3 N–H and O–H groups in total. The van der Waals surface area contributed by atoms with Crippen molar-refractivity contribution in [2.45, 2.75) is 68.2 Å². The highest BCUT2D eigenvalue weighted by Crippen LogP contribution is 2.54. The third kappa shape index (κ3) is 4.33. The summed E-state index contributed by atoms with van der Waals surface area (Å²) >= 11 is 0. The Kier molecular flexibility index (Phi) is 6.76. The number of hydrogen-bond acceptors (Lipinski definition) is 5. The summed E-state index contributed by atoms with van der Waals surface area (Å²) in [5.74, 6) is -9.48. The molecular formula is C30H28F4N4O4. The number of carbonyl (C=O) groups excluding carboxylic acids is 3. The highest BCUT2D eigenvalue weighted by atomic mass is 19.3. The minimum atomic E-state index is -3.32. The molecule has 3 aliphatic heterocycles. The predicted molar refractivity (Wildman–Crippen MR) is 139 cm³/mol. The number of nitrogens with one attached hydrogen (secondary N) is 2. The van der Waals surface area contributed by atoms with E-state index < -0.39 is 71.4 Å². The summed E-state index contributed by atoms with van der Waals surface area (Å²) in [6, 6.07) is 4.60. The van der Waals surface area contributed by atoms with Crippen molar-refractivity contribution in [3.05, 3.63) is 59.2 Å². The molecule has 1 saturated carbocycles. The van der Waals surface area contributed by atoms with Crippen LogP contribution in [0, 0.1) is 34.8 Å². The van der Waals surface area contributed by atoms with Gasteiger partial charge in [0, 0.05) is 36.1 Å². The first-order valence-electron chi connectivity index (χ1n) is 14.0. The first-order valence-corrected chi connectivity index (χ1v) is 14.0. The lowest BCUT2D eigenvalue weighted by Crippen LogP contribution is -2.70. The van der Waals surface area contributed by atoms with Crippen LogP contribution in [0.4, 0.5) is 17.6 Å². The molecule has 5 aliphatic rings. The molecular weight excluding hydrogens is 556 g/mol. The Labute approximate surface area is 238 Å². The Hall–Kier alpha value is -3.98. The second-order valence-electron chi connectivity index (χ2n) is 11.6. The Morgan fingerprint density at radius 3 is 2.31 bits per heavy atom. The zero-order valence-electron chi connectivity index (χ0n) is 22.4. The van der Waals surface area contributed by atoms with E-state index in [2.05, 4.69) is 10.6 Å². The molecule has 2 aromatic rings. The average molecular weight is 585 g/mol. The second kappa shape index (κ2) is 10.1. The molecule has 0 unspecified atom stereocenters. The van der Waals surface area contributed by atoms with Crippen molar-refractivity contribution < 1.29 is 37.1 Å². The predicted octanol–water partition coefficient (Wildman–Crippen LogP) is 3.12. The Morgan fingerprint density at radius 1 is 1.10 bits per heavy atom. The monoisotopic (exact) mass is 584 g/mol. The number of benzene rings is 2. The summed E-state index contributed by atoms with van der Waals surface area (Å²) < 4.78 is 59.4. The molecule has 3 saturated heterocycles. The van der Waals surface area contributed by atoms with Gasteiger partial charge in [-0.3, -0.25) is 14.4 Å². The van der Waals surface area contributed by atoms with Gasteiger partial charge in [-0.2, -0.15) is 5.26 Å². The van der Waals surface area contributed by atoms with Crippen LogP contribution in [-0.4, -0.2) is 58.3 Å². The summed E-state index contributed by atoms with van der Waals surface area (Å²) in [6.45, 7) is 0.499. The van der Waals surface area contributed by atoms with Crippen LogP contribution in [0.2, 0.25) is 0 Å². The number of amides is 3. The van der Waals surface area contributed by atoms with Crippen LogP contribution in [0.5, 0.6) is 0 Å². The quantitative estimate of drug-likeness (QED) is 0.467. The molecule has 4 fully saturated rings.